The first kappa shape index (κ1) is 9.61. The minimum Gasteiger partial charge on any atom is -0.319 e. The van der Waals surface area contributed by atoms with Gasteiger partial charge in [-0.05, 0) is 29.0 Å². The molecule has 0 aliphatic rings. The van der Waals surface area contributed by atoms with Crippen molar-refractivity contribution in [1.29, 1.82) is 0 Å². The molecule has 5 heteroatoms. The van der Waals surface area contributed by atoms with E-state index in [0.717, 1.165) is 29.0 Å². The van der Waals surface area contributed by atoms with Gasteiger partial charge in [0.25, 0.3) is 0 Å². The van der Waals surface area contributed by atoms with Gasteiger partial charge in [-0.25, -0.2) is 9.97 Å². The summed E-state index contributed by atoms with van der Waals surface area (Å²) in [5.74, 6) is 0.741. The lowest BCUT2D eigenvalue weighted by Gasteiger charge is -2.00. The molecule has 0 spiro atoms. The lowest BCUT2D eigenvalue weighted by molar-refractivity contribution is 0.774. The van der Waals surface area contributed by atoms with Crippen molar-refractivity contribution >= 4 is 21.7 Å². The summed E-state index contributed by atoms with van der Waals surface area (Å²) in [5.41, 5.74) is 1.06. The van der Waals surface area contributed by atoms with E-state index in [-0.39, 0.29) is 0 Å². The van der Waals surface area contributed by atoms with Crippen molar-refractivity contribution in [2.75, 3.05) is 13.6 Å². The van der Waals surface area contributed by atoms with Crippen LogP contribution < -0.4 is 5.32 Å². The van der Waals surface area contributed by atoms with Crippen molar-refractivity contribution in [2.45, 2.75) is 6.42 Å². The average Bonchev–Trinajstić information content (AvgIpc) is 2.57. The fourth-order valence-electron chi connectivity index (χ4n) is 1.27. The highest BCUT2D eigenvalue weighted by Gasteiger charge is 2.01. The molecule has 14 heavy (non-hydrogen) atoms. The second-order valence-electron chi connectivity index (χ2n) is 3.02. The monoisotopic (exact) mass is 254 g/mol. The number of halogens is 1. The molecule has 1 N–H and O–H groups in total. The normalized spacial score (nSPS) is 11.0. The van der Waals surface area contributed by atoms with Crippen LogP contribution in [0.1, 0.15) is 5.69 Å². The number of nitrogens with one attached hydrogen (secondary N) is 1. The highest BCUT2D eigenvalue weighted by atomic mass is 79.9. The maximum atomic E-state index is 4.42. The fourth-order valence-corrected chi connectivity index (χ4v) is 1.65. The third kappa shape index (κ3) is 1.78. The van der Waals surface area contributed by atoms with E-state index in [9.17, 15) is 0 Å². The van der Waals surface area contributed by atoms with Gasteiger partial charge in [0, 0.05) is 24.9 Å². The largest absolute Gasteiger partial charge is 0.319 e. The van der Waals surface area contributed by atoms with Crippen molar-refractivity contribution in [3.05, 3.63) is 28.8 Å². The van der Waals surface area contributed by atoms with Gasteiger partial charge in [-0.3, -0.25) is 4.40 Å². The Hall–Kier alpha value is -0.940. The first-order valence-electron chi connectivity index (χ1n) is 4.44. The third-order valence-corrected chi connectivity index (χ3v) is 2.61. The molecule has 0 aliphatic heterocycles. The molecule has 0 bridgehead atoms. The number of nitrogens with zero attached hydrogens (tertiary/aromatic N) is 3. The molecule has 0 unspecified atom stereocenters. The Balaban J connectivity index is 2.32. The number of likely N-dealkylation sites (N-methyl/N-ethyl adjacent to an activating group) is 1. The molecule has 0 aromatic carbocycles. The number of imidazole rings is 1. The van der Waals surface area contributed by atoms with Gasteiger partial charge in [0.05, 0.1) is 6.20 Å². The highest BCUT2D eigenvalue weighted by molar-refractivity contribution is 9.10. The number of rotatable bonds is 3. The van der Waals surface area contributed by atoms with Gasteiger partial charge in [-0.15, -0.1) is 0 Å². The molecule has 2 aromatic rings. The van der Waals surface area contributed by atoms with Crippen LogP contribution in [0.4, 0.5) is 0 Å². The van der Waals surface area contributed by atoms with Crippen LogP contribution in [0.25, 0.3) is 5.78 Å². The molecule has 2 aromatic heterocycles. The van der Waals surface area contributed by atoms with Crippen molar-refractivity contribution in [2.24, 2.45) is 0 Å². The van der Waals surface area contributed by atoms with E-state index in [2.05, 4.69) is 31.2 Å². The van der Waals surface area contributed by atoms with E-state index in [1.54, 1.807) is 6.20 Å². The maximum absolute atomic E-state index is 4.42. The first-order valence-corrected chi connectivity index (χ1v) is 5.23. The number of hydrogen-bond donors (Lipinski definition) is 1. The van der Waals surface area contributed by atoms with Crippen molar-refractivity contribution in [3.63, 3.8) is 0 Å². The highest BCUT2D eigenvalue weighted by Crippen LogP contribution is 2.11. The first-order chi connectivity index (χ1) is 6.81. The second kappa shape index (κ2) is 4.06. The van der Waals surface area contributed by atoms with Gasteiger partial charge in [0.15, 0.2) is 0 Å². The van der Waals surface area contributed by atoms with Gasteiger partial charge in [0.1, 0.15) is 4.60 Å². The van der Waals surface area contributed by atoms with Gasteiger partial charge in [0.2, 0.25) is 5.78 Å². The Kier molecular flexibility index (Phi) is 2.79. The third-order valence-electron chi connectivity index (χ3n) is 2.02. The molecule has 0 aliphatic carbocycles. The minimum atomic E-state index is 0.741. The summed E-state index contributed by atoms with van der Waals surface area (Å²) in [6.45, 7) is 0.936. The fraction of sp³-hybridized carbons (Fsp3) is 0.333. The number of fused-ring (bicyclic) bond motifs is 1. The Labute approximate surface area is 90.5 Å². The van der Waals surface area contributed by atoms with E-state index < -0.39 is 0 Å². The SMILES string of the molecule is CNCCc1ccn2c(Br)cnc2n1. The summed E-state index contributed by atoms with van der Waals surface area (Å²) >= 11 is 3.39. The number of hydrogen-bond acceptors (Lipinski definition) is 3. The molecule has 0 fully saturated rings. The van der Waals surface area contributed by atoms with Crippen LogP contribution >= 0.6 is 15.9 Å². The Bertz CT molecular complexity index is 437. The maximum Gasteiger partial charge on any atom is 0.234 e. The molecular weight excluding hydrogens is 244 g/mol. The Morgan fingerprint density at radius 2 is 2.43 bits per heavy atom. The van der Waals surface area contributed by atoms with Crippen LogP contribution in [0.2, 0.25) is 0 Å². The quantitative estimate of drug-likeness (QED) is 0.897. The summed E-state index contributed by atoms with van der Waals surface area (Å²) in [5, 5.41) is 3.09. The lowest BCUT2D eigenvalue weighted by atomic mass is 10.3. The summed E-state index contributed by atoms with van der Waals surface area (Å²) < 4.78 is 2.84. The predicted octanol–water partition coefficient (Wildman–Crippen LogP) is 1.25. The van der Waals surface area contributed by atoms with Crippen molar-refractivity contribution in [1.82, 2.24) is 19.7 Å². The van der Waals surface area contributed by atoms with Gasteiger partial charge in [-0.2, -0.15) is 0 Å². The van der Waals surface area contributed by atoms with Crippen LogP contribution in [-0.4, -0.2) is 28.0 Å². The van der Waals surface area contributed by atoms with Crippen LogP contribution in [-0.2, 0) is 6.42 Å². The molecule has 0 amide bonds. The summed E-state index contributed by atoms with van der Waals surface area (Å²) in [7, 11) is 1.94. The van der Waals surface area contributed by atoms with Crippen LogP contribution in [0, 0.1) is 0 Å². The molecular formula is C9H11BrN4. The molecule has 0 saturated carbocycles. The zero-order valence-corrected chi connectivity index (χ0v) is 9.45. The predicted molar refractivity (Wildman–Crippen MR) is 58.3 cm³/mol. The molecule has 2 heterocycles. The summed E-state index contributed by atoms with van der Waals surface area (Å²) in [6.07, 6.45) is 4.66. The average molecular weight is 255 g/mol. The van der Waals surface area contributed by atoms with E-state index in [1.807, 2.05) is 23.7 Å². The van der Waals surface area contributed by atoms with Crippen LogP contribution in [0.3, 0.4) is 0 Å². The minimum absolute atomic E-state index is 0.741. The lowest BCUT2D eigenvalue weighted by Crippen LogP contribution is -2.11. The number of aromatic nitrogens is 3. The summed E-state index contributed by atoms with van der Waals surface area (Å²) in [4.78, 5) is 8.59. The van der Waals surface area contributed by atoms with Gasteiger partial charge in [-0.1, -0.05) is 0 Å². The zero-order chi connectivity index (χ0) is 9.97. The van der Waals surface area contributed by atoms with E-state index in [4.69, 9.17) is 0 Å². The molecule has 2 rings (SSSR count). The van der Waals surface area contributed by atoms with E-state index >= 15 is 0 Å². The van der Waals surface area contributed by atoms with Crippen LogP contribution in [0.15, 0.2) is 23.1 Å². The van der Waals surface area contributed by atoms with Gasteiger partial charge < -0.3 is 5.32 Å². The zero-order valence-electron chi connectivity index (χ0n) is 7.87. The molecule has 0 atom stereocenters. The van der Waals surface area contributed by atoms with E-state index in [1.165, 1.54) is 0 Å². The van der Waals surface area contributed by atoms with E-state index in [0.29, 0.717) is 0 Å². The smallest absolute Gasteiger partial charge is 0.234 e. The molecule has 74 valence electrons. The molecule has 0 radical (unpaired) electrons. The Morgan fingerprint density at radius 1 is 1.57 bits per heavy atom. The summed E-state index contributed by atoms with van der Waals surface area (Å²) in [6, 6.07) is 2.01. The topological polar surface area (TPSA) is 42.2 Å². The standard InChI is InChI=1S/C9H11BrN4/c1-11-4-2-7-3-5-14-8(10)6-12-9(14)13-7/h3,5-6,11H,2,4H2,1H3. The molecule has 0 saturated heterocycles. The molecule has 4 nitrogen and oxygen atoms in total. The van der Waals surface area contributed by atoms with Gasteiger partial charge >= 0.3 is 0 Å². The van der Waals surface area contributed by atoms with Crippen molar-refractivity contribution < 1.29 is 0 Å². The van der Waals surface area contributed by atoms with Crippen molar-refractivity contribution in [3.8, 4) is 0 Å². The second-order valence-corrected chi connectivity index (χ2v) is 3.84. The Morgan fingerprint density at radius 3 is 3.21 bits per heavy atom. The van der Waals surface area contributed by atoms with Crippen LogP contribution in [0.5, 0.6) is 0 Å².